The smallest absolute Gasteiger partial charge is 0.244 e. The predicted octanol–water partition coefficient (Wildman–Crippen LogP) is 2.41. The van der Waals surface area contributed by atoms with Crippen LogP contribution in [0.4, 0.5) is 10.1 Å². The highest BCUT2D eigenvalue weighted by molar-refractivity contribution is 7.92. The summed E-state index contributed by atoms with van der Waals surface area (Å²) >= 11 is 5.86. The van der Waals surface area contributed by atoms with Crippen molar-refractivity contribution in [2.75, 3.05) is 24.2 Å². The Kier molecular flexibility index (Phi) is 7.80. The van der Waals surface area contributed by atoms with Gasteiger partial charge in [-0.2, -0.15) is 0 Å². The summed E-state index contributed by atoms with van der Waals surface area (Å²) in [5.74, 6) is -1.65. The molecule has 0 aliphatic carbocycles. The van der Waals surface area contributed by atoms with Gasteiger partial charge in [-0.1, -0.05) is 29.8 Å². The van der Waals surface area contributed by atoms with Gasteiger partial charge in [-0.25, -0.2) is 12.8 Å². The summed E-state index contributed by atoms with van der Waals surface area (Å²) in [5, 5.41) is 2.86. The SMILES string of the molecule is CNC(=O)[C@@H](C)N(Cc1ccccc1F)C(=O)CN(c1ccc(Cl)cc1)S(C)(=O)=O. The van der Waals surface area contributed by atoms with Crippen LogP contribution in [0.1, 0.15) is 12.5 Å². The van der Waals surface area contributed by atoms with Crippen molar-refractivity contribution < 1.29 is 22.4 Å². The lowest BCUT2D eigenvalue weighted by Gasteiger charge is -2.31. The number of nitrogens with zero attached hydrogens (tertiary/aromatic N) is 2. The zero-order valence-corrected chi connectivity index (χ0v) is 18.4. The van der Waals surface area contributed by atoms with E-state index < -0.39 is 40.2 Å². The molecule has 0 spiro atoms. The van der Waals surface area contributed by atoms with Gasteiger partial charge in [0.15, 0.2) is 0 Å². The maximum Gasteiger partial charge on any atom is 0.244 e. The summed E-state index contributed by atoms with van der Waals surface area (Å²) < 4.78 is 39.7. The Hall–Kier alpha value is -2.65. The molecule has 0 saturated carbocycles. The number of carbonyl (C=O) groups is 2. The van der Waals surface area contributed by atoms with Crippen LogP contribution in [0.2, 0.25) is 5.02 Å². The number of rotatable bonds is 8. The largest absolute Gasteiger partial charge is 0.357 e. The topological polar surface area (TPSA) is 86.8 Å². The molecule has 2 amide bonds. The molecule has 30 heavy (non-hydrogen) atoms. The van der Waals surface area contributed by atoms with E-state index in [1.54, 1.807) is 6.07 Å². The Labute approximate surface area is 180 Å². The maximum absolute atomic E-state index is 14.2. The van der Waals surface area contributed by atoms with Crippen molar-refractivity contribution in [1.82, 2.24) is 10.2 Å². The fourth-order valence-corrected chi connectivity index (χ4v) is 3.80. The standard InChI is InChI=1S/C20H23ClFN3O4S/c1-14(20(27)23-2)24(12-15-6-4-5-7-18(15)22)19(26)13-25(30(3,28)29)17-10-8-16(21)9-11-17/h4-11,14H,12-13H2,1-3H3,(H,23,27)/t14-/m1/s1. The molecule has 0 heterocycles. The molecule has 2 rings (SSSR count). The molecule has 2 aromatic rings. The van der Waals surface area contributed by atoms with Gasteiger partial charge in [-0.15, -0.1) is 0 Å². The van der Waals surface area contributed by atoms with Crippen LogP contribution in [0.15, 0.2) is 48.5 Å². The summed E-state index contributed by atoms with van der Waals surface area (Å²) in [6.45, 7) is 0.735. The molecule has 1 N–H and O–H groups in total. The number of carbonyl (C=O) groups excluding carboxylic acids is 2. The molecular weight excluding hydrogens is 433 g/mol. The first-order chi connectivity index (χ1) is 14.0. The third-order valence-corrected chi connectivity index (χ3v) is 5.90. The summed E-state index contributed by atoms with van der Waals surface area (Å²) in [7, 11) is -2.41. The van der Waals surface area contributed by atoms with Crippen LogP contribution in [0.25, 0.3) is 0 Å². The minimum atomic E-state index is -3.82. The number of amides is 2. The Bertz CT molecular complexity index is 1010. The highest BCUT2D eigenvalue weighted by Crippen LogP contribution is 2.21. The van der Waals surface area contributed by atoms with Gasteiger partial charge in [0.1, 0.15) is 18.4 Å². The van der Waals surface area contributed by atoms with Gasteiger partial charge in [-0.3, -0.25) is 13.9 Å². The van der Waals surface area contributed by atoms with Crippen molar-refractivity contribution >= 4 is 39.1 Å². The number of hydrogen-bond donors (Lipinski definition) is 1. The Balaban J connectivity index is 2.38. The van der Waals surface area contributed by atoms with E-state index in [4.69, 9.17) is 11.6 Å². The number of hydrogen-bond acceptors (Lipinski definition) is 4. The number of nitrogens with one attached hydrogen (secondary N) is 1. The van der Waals surface area contributed by atoms with Crippen LogP contribution in [-0.2, 0) is 26.2 Å². The van der Waals surface area contributed by atoms with Crippen LogP contribution >= 0.6 is 11.6 Å². The lowest BCUT2D eigenvalue weighted by atomic mass is 10.1. The molecule has 0 bridgehead atoms. The second kappa shape index (κ2) is 9.90. The van der Waals surface area contributed by atoms with E-state index in [9.17, 15) is 22.4 Å². The number of halogens is 2. The first-order valence-corrected chi connectivity index (χ1v) is 11.2. The molecule has 0 radical (unpaired) electrons. The number of benzene rings is 2. The van der Waals surface area contributed by atoms with Gasteiger partial charge in [0.2, 0.25) is 21.8 Å². The molecule has 0 aromatic heterocycles. The van der Waals surface area contributed by atoms with Crippen LogP contribution in [-0.4, -0.2) is 51.0 Å². The number of likely N-dealkylation sites (N-methyl/N-ethyl adjacent to an activating group) is 1. The zero-order valence-electron chi connectivity index (χ0n) is 16.8. The van der Waals surface area contributed by atoms with Gasteiger partial charge in [-0.05, 0) is 37.3 Å². The Morgan fingerprint density at radius 1 is 1.13 bits per heavy atom. The van der Waals surface area contributed by atoms with Crippen molar-refractivity contribution in [3.05, 3.63) is 64.9 Å². The van der Waals surface area contributed by atoms with E-state index in [2.05, 4.69) is 5.32 Å². The molecule has 7 nitrogen and oxygen atoms in total. The molecular formula is C20H23ClFN3O4S. The highest BCUT2D eigenvalue weighted by Gasteiger charge is 2.30. The Morgan fingerprint density at radius 3 is 2.27 bits per heavy atom. The predicted molar refractivity (Wildman–Crippen MR) is 114 cm³/mol. The summed E-state index contributed by atoms with van der Waals surface area (Å²) in [6, 6.07) is 10.9. The Morgan fingerprint density at radius 2 is 1.73 bits per heavy atom. The second-order valence-corrected chi connectivity index (χ2v) is 8.99. The summed E-state index contributed by atoms with van der Waals surface area (Å²) in [5.41, 5.74) is 0.452. The van der Waals surface area contributed by atoms with Crippen molar-refractivity contribution in [2.45, 2.75) is 19.5 Å². The first-order valence-electron chi connectivity index (χ1n) is 9.02. The van der Waals surface area contributed by atoms with Gasteiger partial charge < -0.3 is 10.2 Å². The molecule has 0 aliphatic rings. The molecule has 162 valence electrons. The van der Waals surface area contributed by atoms with Crippen LogP contribution in [0.5, 0.6) is 0 Å². The third kappa shape index (κ3) is 5.93. The fourth-order valence-electron chi connectivity index (χ4n) is 2.82. The lowest BCUT2D eigenvalue weighted by molar-refractivity contribution is -0.139. The van der Waals surface area contributed by atoms with Crippen LogP contribution in [0, 0.1) is 5.82 Å². The van der Waals surface area contributed by atoms with E-state index in [0.717, 1.165) is 15.5 Å². The average Bonchev–Trinajstić information content (AvgIpc) is 2.70. The quantitative estimate of drug-likeness (QED) is 0.662. The minimum absolute atomic E-state index is 0.196. The number of sulfonamides is 1. The summed E-state index contributed by atoms with van der Waals surface area (Å²) in [4.78, 5) is 26.4. The molecule has 2 aromatic carbocycles. The average molecular weight is 456 g/mol. The molecule has 0 saturated heterocycles. The van der Waals surface area contributed by atoms with Gasteiger partial charge >= 0.3 is 0 Å². The van der Waals surface area contributed by atoms with Crippen molar-refractivity contribution in [2.24, 2.45) is 0 Å². The van der Waals surface area contributed by atoms with E-state index in [1.807, 2.05) is 0 Å². The summed E-state index contributed by atoms with van der Waals surface area (Å²) in [6.07, 6.45) is 0.971. The van der Waals surface area contributed by atoms with Gasteiger partial charge in [0.25, 0.3) is 0 Å². The van der Waals surface area contributed by atoms with Gasteiger partial charge in [0, 0.05) is 24.2 Å². The highest BCUT2D eigenvalue weighted by atomic mass is 35.5. The normalized spacial score (nSPS) is 12.2. The fraction of sp³-hybridized carbons (Fsp3) is 0.300. The monoisotopic (exact) mass is 455 g/mol. The minimum Gasteiger partial charge on any atom is -0.357 e. The van der Waals surface area contributed by atoms with Crippen LogP contribution in [0.3, 0.4) is 0 Å². The molecule has 10 heteroatoms. The molecule has 0 unspecified atom stereocenters. The van der Waals surface area contributed by atoms with E-state index >= 15 is 0 Å². The van der Waals surface area contributed by atoms with E-state index in [-0.39, 0.29) is 17.8 Å². The van der Waals surface area contributed by atoms with Crippen molar-refractivity contribution in [3.63, 3.8) is 0 Å². The van der Waals surface area contributed by atoms with E-state index in [1.165, 1.54) is 56.4 Å². The molecule has 0 fully saturated rings. The van der Waals surface area contributed by atoms with Crippen molar-refractivity contribution in [1.29, 1.82) is 0 Å². The maximum atomic E-state index is 14.2. The third-order valence-electron chi connectivity index (χ3n) is 4.51. The molecule has 1 atom stereocenters. The zero-order chi connectivity index (χ0) is 22.5. The number of anilines is 1. The van der Waals surface area contributed by atoms with Crippen LogP contribution < -0.4 is 9.62 Å². The molecule has 0 aliphatic heterocycles. The lowest BCUT2D eigenvalue weighted by Crippen LogP contribution is -2.50. The van der Waals surface area contributed by atoms with Crippen molar-refractivity contribution in [3.8, 4) is 0 Å². The van der Waals surface area contributed by atoms with E-state index in [0.29, 0.717) is 5.02 Å². The second-order valence-electron chi connectivity index (χ2n) is 6.65. The van der Waals surface area contributed by atoms with Gasteiger partial charge in [0.05, 0.1) is 11.9 Å². The first kappa shape index (κ1) is 23.6.